The Morgan fingerprint density at radius 3 is 2.49 bits per heavy atom. The zero-order valence-corrected chi connectivity index (χ0v) is 28.6. The molecule has 2 atom stereocenters. The Morgan fingerprint density at radius 2 is 1.77 bits per heavy atom. The number of hydrogen-bond acceptors (Lipinski definition) is 9. The number of likely N-dealkylation sites (N-methyl/N-ethyl adjacent to an activating group) is 2. The van der Waals surface area contributed by atoms with Gasteiger partial charge in [-0.05, 0) is 69.1 Å². The summed E-state index contributed by atoms with van der Waals surface area (Å²) < 4.78 is 8.71. The molecule has 1 aliphatic carbocycles. The number of pyridine rings is 1. The van der Waals surface area contributed by atoms with Crippen LogP contribution in [0.25, 0.3) is 5.65 Å². The topological polar surface area (TPSA) is 126 Å². The van der Waals surface area contributed by atoms with Crippen LogP contribution in [-0.2, 0) is 0 Å². The number of hydrogen-bond donors (Lipinski definition) is 4. The molecule has 0 radical (unpaired) electrons. The smallest absolute Gasteiger partial charge is 0.320 e. The van der Waals surface area contributed by atoms with Crippen molar-refractivity contribution in [1.29, 1.82) is 5.41 Å². The Hall–Kier alpha value is -4.16. The Bertz CT molecular complexity index is 1630. The number of anilines is 1. The fourth-order valence-electron chi connectivity index (χ4n) is 7.10. The zero-order chi connectivity index (χ0) is 33.3. The van der Waals surface area contributed by atoms with Gasteiger partial charge in [0.2, 0.25) is 5.95 Å². The number of carbonyl (C=O) groups is 1. The van der Waals surface area contributed by atoms with Crippen LogP contribution in [0.1, 0.15) is 69.7 Å². The number of ether oxygens (including phenoxy) is 1. The Kier molecular flexibility index (Phi) is 9.17. The minimum Gasteiger partial charge on any atom is -0.484 e. The molecule has 1 aromatic carbocycles. The number of carbonyl (C=O) groups excluding carboxylic acids is 1. The molecule has 12 heteroatoms. The SMILES string of the molecule is CN/C(=C\C(=N)C(C)(C)C)NC(=O)N[C@H]1CC[C@@H](Oc2ccc3nnc(N4CCC5(CC4)CN(C)CCN5C)n3c2)c2ccccc21. The van der Waals surface area contributed by atoms with Crippen molar-refractivity contribution < 1.29 is 9.53 Å². The van der Waals surface area contributed by atoms with Crippen molar-refractivity contribution in [3.8, 4) is 5.75 Å². The van der Waals surface area contributed by atoms with Gasteiger partial charge in [0.15, 0.2) is 5.65 Å². The maximum absolute atomic E-state index is 13.0. The van der Waals surface area contributed by atoms with E-state index in [2.05, 4.69) is 71.5 Å². The molecule has 4 N–H and O–H groups in total. The van der Waals surface area contributed by atoms with Gasteiger partial charge in [-0.3, -0.25) is 14.6 Å². The summed E-state index contributed by atoms with van der Waals surface area (Å²) >= 11 is 0. The monoisotopic (exact) mass is 642 g/mol. The van der Waals surface area contributed by atoms with Crippen LogP contribution >= 0.6 is 0 Å². The molecular formula is C35H50N10O2. The number of amides is 2. The van der Waals surface area contributed by atoms with Gasteiger partial charge in [0.05, 0.1) is 12.2 Å². The van der Waals surface area contributed by atoms with Gasteiger partial charge in [-0.15, -0.1) is 10.2 Å². The third kappa shape index (κ3) is 6.94. The summed E-state index contributed by atoms with van der Waals surface area (Å²) in [4.78, 5) is 20.4. The van der Waals surface area contributed by atoms with E-state index in [1.165, 1.54) is 0 Å². The highest BCUT2D eigenvalue weighted by molar-refractivity contribution is 5.97. The van der Waals surface area contributed by atoms with Gasteiger partial charge >= 0.3 is 6.03 Å². The number of aromatic nitrogens is 3. The number of piperazine rings is 1. The predicted octanol–water partition coefficient (Wildman–Crippen LogP) is 4.33. The zero-order valence-electron chi connectivity index (χ0n) is 28.6. The third-order valence-electron chi connectivity index (χ3n) is 10.2. The van der Waals surface area contributed by atoms with E-state index in [9.17, 15) is 4.79 Å². The highest BCUT2D eigenvalue weighted by Crippen LogP contribution is 2.39. The lowest BCUT2D eigenvalue weighted by atomic mass is 9.84. The second-order valence-electron chi connectivity index (χ2n) is 14.4. The minimum atomic E-state index is -0.321. The van der Waals surface area contributed by atoms with Crippen LogP contribution < -0.4 is 25.6 Å². The molecule has 2 aromatic heterocycles. The average molecular weight is 643 g/mol. The van der Waals surface area contributed by atoms with Crippen molar-refractivity contribution in [1.82, 2.24) is 40.3 Å². The summed E-state index contributed by atoms with van der Waals surface area (Å²) in [6, 6.07) is 11.6. The second kappa shape index (κ2) is 13.2. The van der Waals surface area contributed by atoms with Gasteiger partial charge < -0.3 is 30.6 Å². The first-order chi connectivity index (χ1) is 22.5. The van der Waals surface area contributed by atoms with Gasteiger partial charge in [-0.25, -0.2) is 4.79 Å². The third-order valence-corrected chi connectivity index (χ3v) is 10.2. The van der Waals surface area contributed by atoms with Crippen LogP contribution in [0.3, 0.4) is 0 Å². The number of rotatable bonds is 7. The van der Waals surface area contributed by atoms with E-state index in [1.54, 1.807) is 13.1 Å². The van der Waals surface area contributed by atoms with E-state index in [1.807, 2.05) is 51.2 Å². The maximum Gasteiger partial charge on any atom is 0.320 e. The van der Waals surface area contributed by atoms with E-state index in [0.717, 1.165) is 86.9 Å². The number of piperidine rings is 1. The van der Waals surface area contributed by atoms with Crippen LogP contribution in [0.5, 0.6) is 5.75 Å². The first-order valence-electron chi connectivity index (χ1n) is 16.8. The Balaban J connectivity index is 1.13. The summed E-state index contributed by atoms with van der Waals surface area (Å²) in [5.74, 6) is 2.10. The lowest BCUT2D eigenvalue weighted by Crippen LogP contribution is -2.63. The maximum atomic E-state index is 13.0. The highest BCUT2D eigenvalue weighted by atomic mass is 16.5. The Labute approximate surface area is 278 Å². The standard InChI is InChI=1S/C35H50N10O2/c1-34(2,3)29(36)21-30(37-4)39-32(46)38-27-12-13-28(26-10-8-7-9-25(26)27)47-24-11-14-31-40-41-33(45(31)22-24)44-17-15-35(16-18-44)23-42(5)19-20-43(35)6/h7-11,14,21-22,27-28,36-37H,12-13,15-20,23H2,1-6H3,(H2,38,39,46)/b30-21+,36-29?/t27-,28+/m0/s1. The van der Waals surface area contributed by atoms with E-state index in [0.29, 0.717) is 11.5 Å². The van der Waals surface area contributed by atoms with Crippen molar-refractivity contribution in [3.05, 3.63) is 65.6 Å². The van der Waals surface area contributed by atoms with E-state index in [4.69, 9.17) is 10.1 Å². The van der Waals surface area contributed by atoms with Crippen molar-refractivity contribution in [3.63, 3.8) is 0 Å². The number of benzene rings is 1. The van der Waals surface area contributed by atoms with Crippen molar-refractivity contribution in [2.75, 3.05) is 58.8 Å². The van der Waals surface area contributed by atoms with Crippen molar-refractivity contribution >= 4 is 23.3 Å². The molecule has 3 aromatic rings. The summed E-state index contributed by atoms with van der Waals surface area (Å²) in [6.45, 7) is 11.1. The molecule has 2 aliphatic heterocycles. The minimum absolute atomic E-state index is 0.154. The summed E-state index contributed by atoms with van der Waals surface area (Å²) in [5.41, 5.74) is 3.24. The lowest BCUT2D eigenvalue weighted by Gasteiger charge is -2.52. The predicted molar refractivity (Wildman–Crippen MR) is 185 cm³/mol. The van der Waals surface area contributed by atoms with Crippen LogP contribution in [-0.4, -0.2) is 95.5 Å². The second-order valence-corrected chi connectivity index (χ2v) is 14.4. The molecule has 0 unspecified atom stereocenters. The van der Waals surface area contributed by atoms with Crippen molar-refractivity contribution in [2.24, 2.45) is 5.41 Å². The van der Waals surface area contributed by atoms with Crippen LogP contribution in [0.15, 0.2) is 54.5 Å². The normalized spacial score (nSPS) is 22.2. The number of nitrogens with zero attached hydrogens (tertiary/aromatic N) is 6. The molecule has 2 fully saturated rings. The fraction of sp³-hybridized carbons (Fsp3) is 0.543. The van der Waals surface area contributed by atoms with Crippen molar-refractivity contribution in [2.45, 2.75) is 64.1 Å². The first-order valence-corrected chi connectivity index (χ1v) is 16.8. The van der Waals surface area contributed by atoms with Gasteiger partial charge in [-0.2, -0.15) is 0 Å². The molecule has 1 spiro atoms. The lowest BCUT2D eigenvalue weighted by molar-refractivity contribution is 0.00926. The van der Waals surface area contributed by atoms with E-state index >= 15 is 0 Å². The largest absolute Gasteiger partial charge is 0.484 e. The molecular weight excluding hydrogens is 592 g/mol. The number of allylic oxidation sites excluding steroid dienone is 1. The highest BCUT2D eigenvalue weighted by Gasteiger charge is 2.42. The quantitative estimate of drug-likeness (QED) is 0.281. The number of nitrogens with one attached hydrogen (secondary N) is 4. The Morgan fingerprint density at radius 1 is 1.02 bits per heavy atom. The molecule has 3 aliphatic rings. The molecule has 2 amide bonds. The van der Waals surface area contributed by atoms with Crippen LogP contribution in [0.2, 0.25) is 0 Å². The molecule has 12 nitrogen and oxygen atoms in total. The van der Waals surface area contributed by atoms with E-state index in [-0.39, 0.29) is 29.1 Å². The molecule has 0 bridgehead atoms. The van der Waals surface area contributed by atoms with Gasteiger partial charge in [0.25, 0.3) is 0 Å². The molecule has 2 saturated heterocycles. The van der Waals surface area contributed by atoms with Crippen LogP contribution in [0, 0.1) is 10.8 Å². The van der Waals surface area contributed by atoms with Gasteiger partial charge in [0.1, 0.15) is 17.7 Å². The summed E-state index contributed by atoms with van der Waals surface area (Å²) in [5, 5.41) is 26.4. The molecule has 4 heterocycles. The van der Waals surface area contributed by atoms with E-state index < -0.39 is 0 Å². The van der Waals surface area contributed by atoms with Gasteiger partial charge in [-0.1, -0.05) is 45.0 Å². The molecule has 0 saturated carbocycles. The number of fused-ring (bicyclic) bond motifs is 2. The van der Waals surface area contributed by atoms with Gasteiger partial charge in [0, 0.05) is 56.4 Å². The molecule has 252 valence electrons. The van der Waals surface area contributed by atoms with Crippen LogP contribution in [0.4, 0.5) is 10.7 Å². The molecule has 6 rings (SSSR count). The number of urea groups is 1. The fourth-order valence-corrected chi connectivity index (χ4v) is 7.10. The summed E-state index contributed by atoms with van der Waals surface area (Å²) in [6.07, 6.45) is 7.18. The molecule has 47 heavy (non-hydrogen) atoms. The average Bonchev–Trinajstić information content (AvgIpc) is 3.47. The first kappa shape index (κ1) is 32.8. The summed E-state index contributed by atoms with van der Waals surface area (Å²) in [7, 11) is 6.24.